The molecular weight excluding hydrogens is 361 g/mol. The van der Waals surface area contributed by atoms with E-state index in [2.05, 4.69) is 15.3 Å². The minimum Gasteiger partial charge on any atom is -0.349 e. The van der Waals surface area contributed by atoms with Crippen molar-refractivity contribution >= 4 is 17.5 Å². The molecule has 7 nitrogen and oxygen atoms in total. The zero-order chi connectivity index (χ0) is 19.7. The van der Waals surface area contributed by atoms with Crippen LogP contribution < -0.4 is 10.2 Å². The van der Waals surface area contributed by atoms with Crippen LogP contribution in [0.25, 0.3) is 0 Å². The number of aryl methyl sites for hydroxylation is 1. The summed E-state index contributed by atoms with van der Waals surface area (Å²) in [7, 11) is 1.78. The molecule has 3 heterocycles. The Labute approximate surface area is 163 Å². The number of amides is 2. The molecule has 2 aliphatic heterocycles. The van der Waals surface area contributed by atoms with Crippen molar-refractivity contribution in [1.29, 1.82) is 0 Å². The number of para-hydroxylation sites is 1. The molecule has 1 N–H and O–H groups in total. The molecule has 28 heavy (non-hydrogen) atoms. The van der Waals surface area contributed by atoms with Gasteiger partial charge in [0.15, 0.2) is 0 Å². The van der Waals surface area contributed by atoms with Crippen molar-refractivity contribution in [3.63, 3.8) is 0 Å². The number of carbonyl (C=O) groups excluding carboxylic acids is 2. The second kappa shape index (κ2) is 7.71. The van der Waals surface area contributed by atoms with Crippen LogP contribution in [-0.4, -0.2) is 58.2 Å². The number of piperidine rings is 1. The van der Waals surface area contributed by atoms with E-state index in [1.165, 1.54) is 6.07 Å². The normalized spacial score (nSPS) is 21.3. The largest absolute Gasteiger partial charge is 0.349 e. The summed E-state index contributed by atoms with van der Waals surface area (Å²) < 4.78 is 15.6. The molecule has 2 aliphatic rings. The minimum absolute atomic E-state index is 0.0389. The van der Waals surface area contributed by atoms with Crippen LogP contribution in [0.1, 0.15) is 29.6 Å². The molecule has 0 aliphatic carbocycles. The number of halogens is 1. The van der Waals surface area contributed by atoms with Crippen molar-refractivity contribution < 1.29 is 14.0 Å². The highest BCUT2D eigenvalue weighted by Crippen LogP contribution is 2.28. The van der Waals surface area contributed by atoms with Crippen molar-refractivity contribution in [3.8, 4) is 0 Å². The van der Waals surface area contributed by atoms with Gasteiger partial charge < -0.3 is 10.2 Å². The molecule has 2 aromatic rings. The Morgan fingerprint density at radius 3 is 2.61 bits per heavy atom. The lowest BCUT2D eigenvalue weighted by atomic mass is 10.0. The zero-order valence-electron chi connectivity index (χ0n) is 15.8. The van der Waals surface area contributed by atoms with E-state index in [0.717, 1.165) is 25.9 Å². The van der Waals surface area contributed by atoms with E-state index in [1.807, 2.05) is 0 Å². The van der Waals surface area contributed by atoms with E-state index in [9.17, 15) is 14.0 Å². The second-order valence-electron chi connectivity index (χ2n) is 7.43. The highest BCUT2D eigenvalue weighted by molar-refractivity contribution is 5.99. The number of anilines is 1. The van der Waals surface area contributed by atoms with E-state index in [1.54, 1.807) is 47.2 Å². The van der Waals surface area contributed by atoms with E-state index in [0.29, 0.717) is 24.2 Å². The van der Waals surface area contributed by atoms with Gasteiger partial charge in [-0.3, -0.25) is 19.2 Å². The summed E-state index contributed by atoms with van der Waals surface area (Å²) in [5.74, 6) is -0.523. The van der Waals surface area contributed by atoms with Gasteiger partial charge in [0.2, 0.25) is 5.91 Å². The minimum atomic E-state index is -0.367. The van der Waals surface area contributed by atoms with Gasteiger partial charge in [-0.1, -0.05) is 12.1 Å². The first-order valence-corrected chi connectivity index (χ1v) is 9.62. The van der Waals surface area contributed by atoms with E-state index < -0.39 is 0 Å². The van der Waals surface area contributed by atoms with E-state index in [-0.39, 0.29) is 29.7 Å². The fourth-order valence-electron chi connectivity index (χ4n) is 4.08. The van der Waals surface area contributed by atoms with Crippen LogP contribution in [0.2, 0.25) is 0 Å². The summed E-state index contributed by atoms with van der Waals surface area (Å²) >= 11 is 0. The summed E-state index contributed by atoms with van der Waals surface area (Å²) in [5, 5.41) is 7.07. The smallest absolute Gasteiger partial charge is 0.254 e. The fourth-order valence-corrected chi connectivity index (χ4v) is 4.08. The number of likely N-dealkylation sites (tertiary alicyclic amines) is 1. The standard InChI is InChI=1S/C20H24FN5O2/c1-24-13-14(12-22-24)19(27)23-15-6-9-25(10-7-15)18-8-11-26(20(18)28)17-5-3-2-4-16(17)21/h2-5,12-13,15,18H,6-11H2,1H3,(H,23,27)/t18-/m1/s1. The first kappa shape index (κ1) is 18.6. The maximum atomic E-state index is 14.0. The molecule has 148 valence electrons. The van der Waals surface area contributed by atoms with Gasteiger partial charge in [-0.15, -0.1) is 0 Å². The molecule has 0 bridgehead atoms. The Hall–Kier alpha value is -2.74. The Balaban J connectivity index is 1.32. The number of hydrogen-bond donors (Lipinski definition) is 1. The van der Waals surface area contributed by atoms with Crippen LogP contribution in [-0.2, 0) is 11.8 Å². The molecule has 2 amide bonds. The number of nitrogens with one attached hydrogen (secondary N) is 1. The summed E-state index contributed by atoms with van der Waals surface area (Å²) in [6.07, 6.45) is 5.52. The second-order valence-corrected chi connectivity index (χ2v) is 7.43. The summed E-state index contributed by atoms with van der Waals surface area (Å²) in [6, 6.07) is 6.27. The highest BCUT2D eigenvalue weighted by Gasteiger charge is 2.38. The maximum Gasteiger partial charge on any atom is 0.254 e. The lowest BCUT2D eigenvalue weighted by Gasteiger charge is -2.35. The molecule has 8 heteroatoms. The third-order valence-electron chi connectivity index (χ3n) is 5.59. The van der Waals surface area contributed by atoms with Crippen LogP contribution in [0.4, 0.5) is 10.1 Å². The number of hydrogen-bond acceptors (Lipinski definition) is 4. The third kappa shape index (κ3) is 3.64. The van der Waals surface area contributed by atoms with Crippen molar-refractivity contribution in [3.05, 3.63) is 48.0 Å². The van der Waals surface area contributed by atoms with Crippen molar-refractivity contribution in [2.24, 2.45) is 7.05 Å². The first-order valence-electron chi connectivity index (χ1n) is 9.62. The van der Waals surface area contributed by atoms with Crippen molar-refractivity contribution in [2.75, 3.05) is 24.5 Å². The Morgan fingerprint density at radius 2 is 1.93 bits per heavy atom. The van der Waals surface area contributed by atoms with E-state index >= 15 is 0 Å². The SMILES string of the molecule is Cn1cc(C(=O)NC2CCN([C@@H]3CCN(c4ccccc4F)C3=O)CC2)cn1. The molecule has 0 saturated carbocycles. The summed E-state index contributed by atoms with van der Waals surface area (Å²) in [6.45, 7) is 2.00. The zero-order valence-corrected chi connectivity index (χ0v) is 15.8. The molecule has 2 saturated heterocycles. The molecule has 1 atom stereocenters. The maximum absolute atomic E-state index is 14.0. The average molecular weight is 385 g/mol. The lowest BCUT2D eigenvalue weighted by molar-refractivity contribution is -0.122. The molecule has 0 radical (unpaired) electrons. The van der Waals surface area contributed by atoms with Crippen molar-refractivity contribution in [2.45, 2.75) is 31.3 Å². The van der Waals surface area contributed by atoms with E-state index in [4.69, 9.17) is 0 Å². The van der Waals surface area contributed by atoms with Gasteiger partial charge in [-0.25, -0.2) is 4.39 Å². The fraction of sp³-hybridized carbons (Fsp3) is 0.450. The van der Waals surface area contributed by atoms with Gasteiger partial charge in [0, 0.05) is 38.9 Å². The highest BCUT2D eigenvalue weighted by atomic mass is 19.1. The van der Waals surface area contributed by atoms with Gasteiger partial charge in [-0.05, 0) is 31.4 Å². The summed E-state index contributed by atoms with van der Waals surface area (Å²) in [5.41, 5.74) is 0.907. The van der Waals surface area contributed by atoms with Crippen LogP contribution in [0.15, 0.2) is 36.7 Å². The number of carbonyl (C=O) groups is 2. The monoisotopic (exact) mass is 385 g/mol. The van der Waals surface area contributed by atoms with Crippen LogP contribution in [0.5, 0.6) is 0 Å². The van der Waals surface area contributed by atoms with Crippen LogP contribution >= 0.6 is 0 Å². The molecule has 1 aromatic carbocycles. The predicted molar refractivity (Wildman–Crippen MR) is 102 cm³/mol. The van der Waals surface area contributed by atoms with Crippen molar-refractivity contribution in [1.82, 2.24) is 20.0 Å². The average Bonchev–Trinajstić information content (AvgIpc) is 3.29. The Morgan fingerprint density at radius 1 is 1.18 bits per heavy atom. The first-order chi connectivity index (χ1) is 13.5. The number of nitrogens with zero attached hydrogens (tertiary/aromatic N) is 4. The van der Waals surface area contributed by atoms with Gasteiger partial charge in [0.25, 0.3) is 5.91 Å². The molecule has 2 fully saturated rings. The quantitative estimate of drug-likeness (QED) is 0.867. The number of benzene rings is 1. The lowest BCUT2D eigenvalue weighted by Crippen LogP contribution is -2.50. The topological polar surface area (TPSA) is 70.5 Å². The molecular formula is C20H24FN5O2. The number of rotatable bonds is 4. The number of aromatic nitrogens is 2. The van der Waals surface area contributed by atoms with Gasteiger partial charge >= 0.3 is 0 Å². The van der Waals surface area contributed by atoms with Gasteiger partial charge in [-0.2, -0.15) is 5.10 Å². The third-order valence-corrected chi connectivity index (χ3v) is 5.59. The van der Waals surface area contributed by atoms with Crippen LogP contribution in [0.3, 0.4) is 0 Å². The van der Waals surface area contributed by atoms with Crippen LogP contribution in [0, 0.1) is 5.82 Å². The molecule has 4 rings (SSSR count). The predicted octanol–water partition coefficient (Wildman–Crippen LogP) is 1.56. The molecule has 0 spiro atoms. The Kier molecular flexibility index (Phi) is 5.13. The summed E-state index contributed by atoms with van der Waals surface area (Å²) in [4.78, 5) is 28.8. The van der Waals surface area contributed by atoms with Gasteiger partial charge in [0.1, 0.15) is 5.82 Å². The molecule has 0 unspecified atom stereocenters. The molecule has 1 aromatic heterocycles. The van der Waals surface area contributed by atoms with Gasteiger partial charge in [0.05, 0.1) is 23.5 Å². The Bertz CT molecular complexity index is 875.